The summed E-state index contributed by atoms with van der Waals surface area (Å²) < 4.78 is 0. The van der Waals surface area contributed by atoms with Crippen LogP contribution in [0.5, 0.6) is 0 Å². The first-order chi connectivity index (χ1) is 3.91. The second-order valence-corrected chi connectivity index (χ2v) is 2.28. The zero-order valence-electron chi connectivity index (χ0n) is 4.81. The van der Waals surface area contributed by atoms with E-state index in [1.807, 2.05) is 6.08 Å². The van der Waals surface area contributed by atoms with Crippen LogP contribution in [0.4, 0.5) is 0 Å². The minimum atomic E-state index is 0.169. The Hall–Kier alpha value is 0.180. The van der Waals surface area contributed by atoms with Crippen LogP contribution in [0.3, 0.4) is 0 Å². The van der Waals surface area contributed by atoms with Crippen LogP contribution in [-0.4, -0.2) is 17.0 Å². The van der Waals surface area contributed by atoms with Gasteiger partial charge in [0, 0.05) is 5.33 Å². The molecule has 48 valence electrons. The van der Waals surface area contributed by atoms with E-state index in [4.69, 9.17) is 5.11 Å². The highest BCUT2D eigenvalue weighted by Gasteiger charge is 1.76. The highest BCUT2D eigenvalue weighted by molar-refractivity contribution is 9.09. The first-order valence-corrected chi connectivity index (χ1v) is 3.85. The van der Waals surface area contributed by atoms with Gasteiger partial charge in [-0.25, -0.2) is 0 Å². The standard InChI is InChI=1S/C6H11BrO/c7-5-3-1-2-4-6-8/h2,4,8H,1,3,5-6H2/b4-2-. The molecule has 0 fully saturated rings. The number of rotatable bonds is 4. The molecule has 0 unspecified atom stereocenters. The molecule has 0 aliphatic rings. The predicted octanol–water partition coefficient (Wildman–Crippen LogP) is 1.71. The molecule has 0 saturated heterocycles. The van der Waals surface area contributed by atoms with Crippen molar-refractivity contribution in [2.75, 3.05) is 11.9 Å². The van der Waals surface area contributed by atoms with Crippen LogP contribution in [0.1, 0.15) is 12.8 Å². The van der Waals surface area contributed by atoms with Gasteiger partial charge in [0.15, 0.2) is 0 Å². The van der Waals surface area contributed by atoms with Gasteiger partial charge in [0.2, 0.25) is 0 Å². The highest BCUT2D eigenvalue weighted by atomic mass is 79.9. The van der Waals surface area contributed by atoms with Gasteiger partial charge in [-0.15, -0.1) is 0 Å². The van der Waals surface area contributed by atoms with Gasteiger partial charge in [0.05, 0.1) is 6.61 Å². The molecule has 1 nitrogen and oxygen atoms in total. The third-order valence-corrected chi connectivity index (χ3v) is 1.34. The van der Waals surface area contributed by atoms with Crippen LogP contribution in [-0.2, 0) is 0 Å². The molecule has 0 aliphatic heterocycles. The molecule has 0 saturated carbocycles. The number of aliphatic hydroxyl groups excluding tert-OH is 1. The molecular weight excluding hydrogens is 168 g/mol. The molecule has 0 aromatic carbocycles. The number of hydrogen-bond acceptors (Lipinski definition) is 1. The van der Waals surface area contributed by atoms with Gasteiger partial charge in [0.1, 0.15) is 0 Å². The van der Waals surface area contributed by atoms with Crippen molar-refractivity contribution < 1.29 is 5.11 Å². The van der Waals surface area contributed by atoms with E-state index >= 15 is 0 Å². The number of aliphatic hydroxyl groups is 1. The second-order valence-electron chi connectivity index (χ2n) is 1.49. The molecule has 0 bridgehead atoms. The lowest BCUT2D eigenvalue weighted by atomic mass is 10.3. The lowest BCUT2D eigenvalue weighted by molar-refractivity contribution is 0.342. The molecule has 0 amide bonds. The number of alkyl halides is 1. The van der Waals surface area contributed by atoms with Gasteiger partial charge in [-0.1, -0.05) is 28.1 Å². The quantitative estimate of drug-likeness (QED) is 0.395. The maximum Gasteiger partial charge on any atom is 0.0612 e. The van der Waals surface area contributed by atoms with E-state index in [-0.39, 0.29) is 6.61 Å². The summed E-state index contributed by atoms with van der Waals surface area (Å²) in [4.78, 5) is 0. The Morgan fingerprint density at radius 3 is 2.62 bits per heavy atom. The summed E-state index contributed by atoms with van der Waals surface area (Å²) in [5, 5.41) is 9.31. The third-order valence-electron chi connectivity index (χ3n) is 0.776. The molecule has 0 atom stereocenters. The normalized spacial score (nSPS) is 10.8. The van der Waals surface area contributed by atoms with Crippen molar-refractivity contribution in [2.24, 2.45) is 0 Å². The van der Waals surface area contributed by atoms with Crippen molar-refractivity contribution in [3.63, 3.8) is 0 Å². The summed E-state index contributed by atoms with van der Waals surface area (Å²) in [5.74, 6) is 0. The first-order valence-electron chi connectivity index (χ1n) is 2.73. The Bertz CT molecular complexity index is 61.5. The number of halogens is 1. The van der Waals surface area contributed by atoms with E-state index in [1.54, 1.807) is 6.08 Å². The lowest BCUT2D eigenvalue weighted by Crippen LogP contribution is -1.73. The minimum absolute atomic E-state index is 0.169. The van der Waals surface area contributed by atoms with Crippen molar-refractivity contribution in [3.05, 3.63) is 12.2 Å². The van der Waals surface area contributed by atoms with Gasteiger partial charge in [0.25, 0.3) is 0 Å². The zero-order chi connectivity index (χ0) is 6.24. The van der Waals surface area contributed by atoms with E-state index in [9.17, 15) is 0 Å². The third kappa shape index (κ3) is 6.18. The van der Waals surface area contributed by atoms with Gasteiger partial charge < -0.3 is 5.11 Å². The molecule has 0 heterocycles. The van der Waals surface area contributed by atoms with E-state index < -0.39 is 0 Å². The molecule has 2 heteroatoms. The fourth-order valence-corrected chi connectivity index (χ4v) is 0.711. The molecule has 1 N–H and O–H groups in total. The van der Waals surface area contributed by atoms with Crippen molar-refractivity contribution >= 4 is 15.9 Å². The van der Waals surface area contributed by atoms with E-state index in [0.717, 1.165) is 18.2 Å². The monoisotopic (exact) mass is 178 g/mol. The van der Waals surface area contributed by atoms with Crippen LogP contribution < -0.4 is 0 Å². The Morgan fingerprint density at radius 1 is 1.38 bits per heavy atom. The van der Waals surface area contributed by atoms with Gasteiger partial charge in [-0.2, -0.15) is 0 Å². The van der Waals surface area contributed by atoms with Crippen LogP contribution in [0.2, 0.25) is 0 Å². The Morgan fingerprint density at radius 2 is 2.12 bits per heavy atom. The van der Waals surface area contributed by atoms with Crippen LogP contribution >= 0.6 is 15.9 Å². The van der Waals surface area contributed by atoms with Crippen molar-refractivity contribution in [2.45, 2.75) is 12.8 Å². The summed E-state index contributed by atoms with van der Waals surface area (Å²) in [6.45, 7) is 0.169. The smallest absolute Gasteiger partial charge is 0.0612 e. The molecule has 0 aromatic rings. The van der Waals surface area contributed by atoms with Crippen molar-refractivity contribution in [1.29, 1.82) is 0 Å². The predicted molar refractivity (Wildman–Crippen MR) is 39.3 cm³/mol. The molecule has 0 aromatic heterocycles. The fourth-order valence-electron chi connectivity index (χ4n) is 0.387. The van der Waals surface area contributed by atoms with Crippen molar-refractivity contribution in [3.8, 4) is 0 Å². The minimum Gasteiger partial charge on any atom is -0.392 e. The number of unbranched alkanes of at least 4 members (excludes halogenated alkanes) is 1. The Kier molecular flexibility index (Phi) is 7.34. The fraction of sp³-hybridized carbons (Fsp3) is 0.667. The Balaban J connectivity index is 2.80. The maximum absolute atomic E-state index is 8.27. The van der Waals surface area contributed by atoms with Gasteiger partial charge in [-0.3, -0.25) is 0 Å². The van der Waals surface area contributed by atoms with E-state index in [0.29, 0.717) is 0 Å². The molecular formula is C6H11BrO. The van der Waals surface area contributed by atoms with Crippen LogP contribution in [0.25, 0.3) is 0 Å². The van der Waals surface area contributed by atoms with Crippen LogP contribution in [0.15, 0.2) is 12.2 Å². The molecule has 0 rings (SSSR count). The number of allylic oxidation sites excluding steroid dienone is 1. The molecule has 8 heavy (non-hydrogen) atoms. The lowest BCUT2D eigenvalue weighted by Gasteiger charge is -1.84. The summed E-state index contributed by atoms with van der Waals surface area (Å²) in [6.07, 6.45) is 5.96. The highest BCUT2D eigenvalue weighted by Crippen LogP contribution is 1.93. The Labute approximate surface area is 58.5 Å². The summed E-state index contributed by atoms with van der Waals surface area (Å²) >= 11 is 3.31. The molecule has 0 radical (unpaired) electrons. The van der Waals surface area contributed by atoms with Gasteiger partial charge in [-0.05, 0) is 12.8 Å². The van der Waals surface area contributed by atoms with E-state index in [1.165, 1.54) is 0 Å². The first kappa shape index (κ1) is 8.18. The van der Waals surface area contributed by atoms with Crippen molar-refractivity contribution in [1.82, 2.24) is 0 Å². The topological polar surface area (TPSA) is 20.2 Å². The van der Waals surface area contributed by atoms with Gasteiger partial charge >= 0.3 is 0 Å². The SMILES string of the molecule is OC/C=C\CCCBr. The second kappa shape index (κ2) is 7.18. The summed E-state index contributed by atoms with van der Waals surface area (Å²) in [6, 6.07) is 0. The molecule has 0 aliphatic carbocycles. The summed E-state index contributed by atoms with van der Waals surface area (Å²) in [5.41, 5.74) is 0. The molecule has 0 spiro atoms. The average molecular weight is 179 g/mol. The number of hydrogen-bond donors (Lipinski definition) is 1. The average Bonchev–Trinajstić information content (AvgIpc) is 1.81. The summed E-state index contributed by atoms with van der Waals surface area (Å²) in [7, 11) is 0. The van der Waals surface area contributed by atoms with Crippen LogP contribution in [0, 0.1) is 0 Å². The maximum atomic E-state index is 8.27. The zero-order valence-corrected chi connectivity index (χ0v) is 6.39. The largest absolute Gasteiger partial charge is 0.392 e. The van der Waals surface area contributed by atoms with E-state index in [2.05, 4.69) is 15.9 Å².